The van der Waals surface area contributed by atoms with E-state index in [1.54, 1.807) is 24.1 Å². The van der Waals surface area contributed by atoms with Crippen molar-refractivity contribution >= 4 is 22.9 Å². The Bertz CT molecular complexity index is 1250. The lowest BCUT2D eigenvalue weighted by Crippen LogP contribution is -2.36. The molecule has 196 valence electrons. The van der Waals surface area contributed by atoms with Crippen LogP contribution in [0, 0.1) is 0 Å². The molecule has 0 bridgehead atoms. The number of hydrogen-bond donors (Lipinski definition) is 0. The molecule has 2 aromatic carbocycles. The van der Waals surface area contributed by atoms with Crippen LogP contribution >= 0.6 is 11.3 Å². The molecule has 0 unspecified atom stereocenters. The molecule has 1 saturated heterocycles. The Balaban J connectivity index is 1.28. The molecule has 37 heavy (non-hydrogen) atoms. The van der Waals surface area contributed by atoms with Gasteiger partial charge in [-0.1, -0.05) is 24.3 Å². The van der Waals surface area contributed by atoms with E-state index >= 15 is 0 Å². The van der Waals surface area contributed by atoms with Gasteiger partial charge in [0.15, 0.2) is 11.5 Å². The topological polar surface area (TPSA) is 54.9 Å². The molecule has 3 heterocycles. The highest BCUT2D eigenvalue weighted by Crippen LogP contribution is 2.37. The fourth-order valence-corrected chi connectivity index (χ4v) is 5.80. The Kier molecular flexibility index (Phi) is 7.39. The van der Waals surface area contributed by atoms with Crippen molar-refractivity contribution in [3.8, 4) is 22.1 Å². The SMILES string of the molecule is COc1cc(N2CCc3nc(-c4ccc(CC(F)(F)F)cc4)sc3C2=O)ccc1OCCN1CCCC1. The second-order valence-corrected chi connectivity index (χ2v) is 10.2. The maximum Gasteiger partial charge on any atom is 0.393 e. The molecule has 0 atom stereocenters. The standard InChI is InChI=1S/C27H28F3N3O3S/c1-35-23-16-20(8-9-22(23)36-15-14-32-11-2-3-12-32)33-13-10-21-24(26(33)34)37-25(31-21)19-6-4-18(5-7-19)17-27(28,29)30/h4-9,16H,2-3,10-15,17H2,1H3. The molecule has 6 nitrogen and oxygen atoms in total. The molecule has 0 spiro atoms. The summed E-state index contributed by atoms with van der Waals surface area (Å²) in [5.41, 5.74) is 2.32. The molecule has 10 heteroatoms. The first-order chi connectivity index (χ1) is 17.8. The molecule has 0 radical (unpaired) electrons. The zero-order chi connectivity index (χ0) is 26.0. The molecule has 0 N–H and O–H groups in total. The number of carbonyl (C=O) groups excluding carboxylic acids is 1. The Hall–Kier alpha value is -3.11. The number of hydrogen-bond acceptors (Lipinski definition) is 6. The van der Waals surface area contributed by atoms with E-state index in [4.69, 9.17) is 9.47 Å². The summed E-state index contributed by atoms with van der Waals surface area (Å²) in [5, 5.41) is 0.623. The van der Waals surface area contributed by atoms with Gasteiger partial charge in [0.25, 0.3) is 5.91 Å². The number of fused-ring (bicyclic) bond motifs is 1. The first-order valence-electron chi connectivity index (χ1n) is 12.3. The number of methoxy groups -OCH3 is 1. The number of thiazole rings is 1. The number of likely N-dealkylation sites (tertiary alicyclic amines) is 1. The average molecular weight is 532 g/mol. The van der Waals surface area contributed by atoms with Gasteiger partial charge in [-0.25, -0.2) is 4.98 Å². The van der Waals surface area contributed by atoms with Crippen LogP contribution in [0.15, 0.2) is 42.5 Å². The van der Waals surface area contributed by atoms with E-state index in [0.717, 1.165) is 25.3 Å². The van der Waals surface area contributed by atoms with Gasteiger partial charge in [-0.2, -0.15) is 13.2 Å². The molecular formula is C27H28F3N3O3S. The zero-order valence-electron chi connectivity index (χ0n) is 20.5. The summed E-state index contributed by atoms with van der Waals surface area (Å²) in [4.78, 5) is 22.6. The van der Waals surface area contributed by atoms with Gasteiger partial charge < -0.3 is 14.4 Å². The molecular weight excluding hydrogens is 503 g/mol. The predicted molar refractivity (Wildman–Crippen MR) is 137 cm³/mol. The number of anilines is 1. The van der Waals surface area contributed by atoms with Crippen LogP contribution in [0.4, 0.5) is 18.9 Å². The third-order valence-corrected chi connectivity index (χ3v) is 7.77. The van der Waals surface area contributed by atoms with Gasteiger partial charge in [0, 0.05) is 36.8 Å². The second-order valence-electron chi connectivity index (χ2n) is 9.22. The number of amides is 1. The minimum Gasteiger partial charge on any atom is -0.493 e. The van der Waals surface area contributed by atoms with E-state index in [1.807, 2.05) is 18.2 Å². The highest BCUT2D eigenvalue weighted by Gasteiger charge is 2.31. The van der Waals surface area contributed by atoms with Crippen molar-refractivity contribution in [3.05, 3.63) is 58.6 Å². The summed E-state index contributed by atoms with van der Waals surface area (Å²) in [7, 11) is 1.58. The van der Waals surface area contributed by atoms with E-state index in [2.05, 4.69) is 9.88 Å². The molecule has 1 fully saturated rings. The van der Waals surface area contributed by atoms with Crippen molar-refractivity contribution < 1.29 is 27.4 Å². The highest BCUT2D eigenvalue weighted by molar-refractivity contribution is 7.17. The minimum atomic E-state index is -4.25. The van der Waals surface area contributed by atoms with Gasteiger partial charge in [0.1, 0.15) is 16.5 Å². The number of ether oxygens (including phenoxy) is 2. The first kappa shape index (κ1) is 25.5. The van der Waals surface area contributed by atoms with Crippen LogP contribution in [-0.4, -0.2) is 61.9 Å². The summed E-state index contributed by atoms with van der Waals surface area (Å²) in [6.45, 7) is 4.14. The van der Waals surface area contributed by atoms with Gasteiger partial charge in [-0.05, 0) is 43.6 Å². The lowest BCUT2D eigenvalue weighted by Gasteiger charge is -2.26. The quantitative estimate of drug-likeness (QED) is 0.379. The van der Waals surface area contributed by atoms with Crippen LogP contribution in [0.3, 0.4) is 0 Å². The maximum absolute atomic E-state index is 13.4. The Morgan fingerprint density at radius 1 is 1.03 bits per heavy atom. The first-order valence-corrected chi connectivity index (χ1v) is 13.1. The summed E-state index contributed by atoms with van der Waals surface area (Å²) < 4.78 is 49.5. The van der Waals surface area contributed by atoms with Gasteiger partial charge >= 0.3 is 6.18 Å². The lowest BCUT2D eigenvalue weighted by atomic mass is 10.1. The second kappa shape index (κ2) is 10.7. The number of benzene rings is 2. The van der Waals surface area contributed by atoms with Crippen LogP contribution in [0.2, 0.25) is 0 Å². The van der Waals surface area contributed by atoms with Crippen molar-refractivity contribution in [3.63, 3.8) is 0 Å². The summed E-state index contributed by atoms with van der Waals surface area (Å²) >= 11 is 1.27. The van der Waals surface area contributed by atoms with Crippen molar-refractivity contribution in [1.29, 1.82) is 0 Å². The normalized spacial score (nSPS) is 16.2. The summed E-state index contributed by atoms with van der Waals surface area (Å²) in [6, 6.07) is 11.7. The third kappa shape index (κ3) is 5.91. The van der Waals surface area contributed by atoms with Gasteiger partial charge in [0.05, 0.1) is 19.2 Å². The third-order valence-electron chi connectivity index (χ3n) is 6.64. The van der Waals surface area contributed by atoms with E-state index in [-0.39, 0.29) is 11.5 Å². The zero-order valence-corrected chi connectivity index (χ0v) is 21.3. The number of rotatable bonds is 8. The molecule has 5 rings (SSSR count). The van der Waals surface area contributed by atoms with Crippen LogP contribution in [0.1, 0.15) is 33.8 Å². The smallest absolute Gasteiger partial charge is 0.393 e. The minimum absolute atomic E-state index is 0.150. The average Bonchev–Trinajstić information content (AvgIpc) is 3.55. The van der Waals surface area contributed by atoms with Crippen molar-refractivity contribution in [2.24, 2.45) is 0 Å². The fourth-order valence-electron chi connectivity index (χ4n) is 4.73. The number of aromatic nitrogens is 1. The van der Waals surface area contributed by atoms with E-state index in [0.29, 0.717) is 52.2 Å². The molecule has 0 aliphatic carbocycles. The summed E-state index contributed by atoms with van der Waals surface area (Å²) in [5.74, 6) is 1.06. The van der Waals surface area contributed by atoms with Crippen molar-refractivity contribution in [1.82, 2.24) is 9.88 Å². The monoisotopic (exact) mass is 531 g/mol. The molecule has 2 aliphatic rings. The largest absolute Gasteiger partial charge is 0.493 e. The highest BCUT2D eigenvalue weighted by atomic mass is 32.1. The number of halogens is 3. The van der Waals surface area contributed by atoms with E-state index in [9.17, 15) is 18.0 Å². The van der Waals surface area contributed by atoms with Crippen LogP contribution in [0.25, 0.3) is 10.6 Å². The predicted octanol–water partition coefficient (Wildman–Crippen LogP) is 5.60. The molecule has 0 saturated carbocycles. The lowest BCUT2D eigenvalue weighted by molar-refractivity contribution is -0.127. The number of alkyl halides is 3. The number of carbonyl (C=O) groups is 1. The van der Waals surface area contributed by atoms with Crippen molar-refractivity contribution in [2.45, 2.75) is 31.9 Å². The van der Waals surface area contributed by atoms with Crippen LogP contribution in [0.5, 0.6) is 11.5 Å². The van der Waals surface area contributed by atoms with Gasteiger partial charge in [-0.15, -0.1) is 11.3 Å². The fraction of sp³-hybridized carbons (Fsp3) is 0.407. The van der Waals surface area contributed by atoms with Crippen LogP contribution in [-0.2, 0) is 12.8 Å². The van der Waals surface area contributed by atoms with E-state index in [1.165, 1.54) is 36.3 Å². The summed E-state index contributed by atoms with van der Waals surface area (Å²) in [6.07, 6.45) is -2.17. The Morgan fingerprint density at radius 2 is 1.78 bits per heavy atom. The molecule has 3 aromatic rings. The molecule has 1 amide bonds. The Labute approximate surface area is 217 Å². The molecule has 2 aliphatic heterocycles. The Morgan fingerprint density at radius 3 is 2.49 bits per heavy atom. The van der Waals surface area contributed by atoms with E-state index < -0.39 is 12.6 Å². The van der Waals surface area contributed by atoms with Crippen LogP contribution < -0.4 is 14.4 Å². The van der Waals surface area contributed by atoms with Crippen molar-refractivity contribution in [2.75, 3.05) is 44.8 Å². The molecule has 1 aromatic heterocycles. The van der Waals surface area contributed by atoms with Gasteiger partial charge in [-0.3, -0.25) is 9.69 Å². The van der Waals surface area contributed by atoms with Gasteiger partial charge in [0.2, 0.25) is 0 Å². The number of nitrogens with zero attached hydrogens (tertiary/aromatic N) is 3. The maximum atomic E-state index is 13.4.